The molecule has 0 fully saturated rings. The van der Waals surface area contributed by atoms with Gasteiger partial charge < -0.3 is 12.5 Å². The van der Waals surface area contributed by atoms with Crippen molar-refractivity contribution < 1.29 is 53.5 Å². The molecule has 7 nitrogen and oxygen atoms in total. The Morgan fingerprint density at radius 1 is 0.906 bits per heavy atom. The number of aryl methyl sites for hydroxylation is 3. The molecule has 0 radical (unpaired) electrons. The molecule has 0 spiro atoms. The second kappa shape index (κ2) is 8.46. The number of carbonyl (C=O) groups excluding carboxylic acids is 2. The van der Waals surface area contributed by atoms with Crippen molar-refractivity contribution in [1.29, 1.82) is 0 Å². The van der Waals surface area contributed by atoms with Crippen LogP contribution in [-0.2, 0) is 10.1 Å². The van der Waals surface area contributed by atoms with Crippen molar-refractivity contribution in [2.45, 2.75) is 25.7 Å². The van der Waals surface area contributed by atoms with E-state index in [1.807, 2.05) is 32.9 Å². The molecule has 4 rings (SSSR count). The van der Waals surface area contributed by atoms with Crippen LogP contribution >= 0.6 is 0 Å². The van der Waals surface area contributed by atoms with Crippen LogP contribution < -0.4 is 40.6 Å². The van der Waals surface area contributed by atoms with E-state index in [0.29, 0.717) is 5.69 Å². The smallest absolute Gasteiger partial charge is 1.00 e. The molecule has 0 saturated carbocycles. The first kappa shape index (κ1) is 24.2. The Kier molecular flexibility index (Phi) is 6.38. The fourth-order valence-electron chi connectivity index (χ4n) is 4.12. The number of nitrogens with one attached hydrogen (secondary N) is 1. The summed E-state index contributed by atoms with van der Waals surface area (Å²) in [5, 5.41) is 3.11. The molecule has 3 aromatic rings. The third-order valence-corrected chi connectivity index (χ3v) is 6.31. The van der Waals surface area contributed by atoms with Crippen LogP contribution in [0.15, 0.2) is 47.4 Å². The van der Waals surface area contributed by atoms with Crippen LogP contribution in [0.1, 0.15) is 50.0 Å². The Hall–Kier alpha value is -2.49. The first-order valence-electron chi connectivity index (χ1n) is 9.48. The number of hydrogen-bond donors (Lipinski definition) is 3. The Labute approximate surface area is 209 Å². The quantitative estimate of drug-likeness (QED) is 0.237. The van der Waals surface area contributed by atoms with Gasteiger partial charge in [0.25, 0.3) is 10.1 Å². The number of carbonyl (C=O) groups is 2. The van der Waals surface area contributed by atoms with Gasteiger partial charge in [0.15, 0.2) is 11.6 Å². The maximum Gasteiger partial charge on any atom is 1.00 e. The molecule has 32 heavy (non-hydrogen) atoms. The number of rotatable bonds is 3. The Morgan fingerprint density at radius 3 is 1.91 bits per heavy atom. The fourth-order valence-corrected chi connectivity index (χ4v) is 4.76. The summed E-state index contributed by atoms with van der Waals surface area (Å²) in [6.07, 6.45) is 0. The summed E-state index contributed by atoms with van der Waals surface area (Å²) < 4.78 is 33.7. The molecule has 3 aromatic carbocycles. The number of nitrogen functional groups attached to an aromatic ring is 1. The zero-order valence-electron chi connectivity index (χ0n) is 19.1. The molecule has 160 valence electrons. The van der Waals surface area contributed by atoms with Crippen LogP contribution in [0.25, 0.3) is 0 Å². The first-order valence-corrected chi connectivity index (χ1v) is 10.9. The van der Waals surface area contributed by atoms with Gasteiger partial charge in [0.2, 0.25) is 0 Å². The molecular weight excluding hydrogens is 439 g/mol. The summed E-state index contributed by atoms with van der Waals surface area (Å²) in [5.41, 5.74) is 9.16. The Morgan fingerprint density at radius 2 is 1.41 bits per heavy atom. The van der Waals surface area contributed by atoms with E-state index in [4.69, 9.17) is 5.73 Å². The predicted molar refractivity (Wildman–Crippen MR) is 119 cm³/mol. The predicted octanol–water partition coefficient (Wildman–Crippen LogP) is 1.08. The van der Waals surface area contributed by atoms with Gasteiger partial charge in [-0.3, -0.25) is 14.1 Å². The summed E-state index contributed by atoms with van der Waals surface area (Å²) in [6, 6.07) is 11.2. The van der Waals surface area contributed by atoms with Gasteiger partial charge in [-0.1, -0.05) is 42.0 Å². The number of anilines is 3. The molecule has 0 atom stereocenters. The summed E-state index contributed by atoms with van der Waals surface area (Å²) in [6.45, 7) is 5.69. The monoisotopic (exact) mass is 460 g/mol. The number of fused-ring (bicyclic) bond motifs is 2. The minimum atomic E-state index is -4.76. The van der Waals surface area contributed by atoms with Crippen LogP contribution in [0.2, 0.25) is 0 Å². The summed E-state index contributed by atoms with van der Waals surface area (Å²) >= 11 is 0. The zero-order chi connectivity index (χ0) is 22.7. The third kappa shape index (κ3) is 3.89. The van der Waals surface area contributed by atoms with Gasteiger partial charge >= 0.3 is 29.6 Å². The van der Waals surface area contributed by atoms with Crippen molar-refractivity contribution in [2.24, 2.45) is 0 Å². The summed E-state index contributed by atoms with van der Waals surface area (Å²) in [4.78, 5) is 25.9. The van der Waals surface area contributed by atoms with Crippen LogP contribution in [0, 0.1) is 20.8 Å². The summed E-state index contributed by atoms with van der Waals surface area (Å²) in [5.74, 6) is -1.03. The SMILES string of the molecule is Cc1cc(C)c(Nc2cc(S(=O)(=O)O)c(N)c3c2C(=O)c2ccccc2C3=O)c(C)c1.[H-].[Na+]. The molecule has 0 heterocycles. The molecule has 4 N–H and O–H groups in total. The molecule has 1 aliphatic carbocycles. The van der Waals surface area contributed by atoms with Crippen molar-refractivity contribution in [3.8, 4) is 0 Å². The van der Waals surface area contributed by atoms with E-state index in [9.17, 15) is 22.6 Å². The molecule has 9 heteroatoms. The molecule has 0 aromatic heterocycles. The van der Waals surface area contributed by atoms with E-state index < -0.39 is 32.3 Å². The van der Waals surface area contributed by atoms with E-state index >= 15 is 0 Å². The number of nitrogens with two attached hydrogens (primary N) is 1. The van der Waals surface area contributed by atoms with Crippen LogP contribution in [0.5, 0.6) is 0 Å². The van der Waals surface area contributed by atoms with Gasteiger partial charge in [0, 0.05) is 16.8 Å². The van der Waals surface area contributed by atoms with Crippen molar-refractivity contribution in [2.75, 3.05) is 11.1 Å². The van der Waals surface area contributed by atoms with Crippen LogP contribution in [0.4, 0.5) is 17.1 Å². The van der Waals surface area contributed by atoms with Gasteiger partial charge in [-0.15, -0.1) is 0 Å². The normalized spacial score (nSPS) is 12.6. The molecule has 0 aliphatic heterocycles. The maximum absolute atomic E-state index is 13.3. The molecule has 0 saturated heterocycles. The summed E-state index contributed by atoms with van der Waals surface area (Å²) in [7, 11) is -4.76. The molecule has 0 unspecified atom stereocenters. The van der Waals surface area contributed by atoms with Gasteiger partial charge in [0.1, 0.15) is 4.90 Å². The average Bonchev–Trinajstić information content (AvgIpc) is 2.68. The molecule has 0 amide bonds. The van der Waals surface area contributed by atoms with Gasteiger partial charge in [-0.25, -0.2) is 0 Å². The van der Waals surface area contributed by atoms with E-state index in [2.05, 4.69) is 5.32 Å². The second-order valence-corrected chi connectivity index (χ2v) is 9.05. The van der Waals surface area contributed by atoms with Crippen LogP contribution in [0.3, 0.4) is 0 Å². The largest absolute Gasteiger partial charge is 1.00 e. The van der Waals surface area contributed by atoms with Crippen molar-refractivity contribution in [3.05, 3.63) is 81.4 Å². The first-order chi connectivity index (χ1) is 14.5. The average molecular weight is 460 g/mol. The standard InChI is InChI=1S/C23H20N2O5S.Na.H/c1-11-8-12(2)21(13(3)9-11)25-16-10-17(31(28,29)30)20(24)19-18(16)22(26)14-6-4-5-7-15(14)23(19)27;;/h4-10,25H,24H2,1-3H3,(H,28,29,30);;/q;+1;-1. The minimum absolute atomic E-state index is 0. The second-order valence-electron chi connectivity index (χ2n) is 7.66. The zero-order valence-corrected chi connectivity index (χ0v) is 20.9. The van der Waals surface area contributed by atoms with Gasteiger partial charge in [-0.2, -0.15) is 8.42 Å². The maximum atomic E-state index is 13.3. The number of ketones is 2. The van der Waals surface area contributed by atoms with E-state index in [1.54, 1.807) is 12.1 Å². The van der Waals surface area contributed by atoms with Gasteiger partial charge in [0.05, 0.1) is 22.5 Å². The number of benzene rings is 3. The van der Waals surface area contributed by atoms with Crippen molar-refractivity contribution in [3.63, 3.8) is 0 Å². The molecule has 1 aliphatic rings. The topological polar surface area (TPSA) is 127 Å². The molecule has 0 bridgehead atoms. The number of hydrogen-bond acceptors (Lipinski definition) is 6. The fraction of sp³-hybridized carbons (Fsp3) is 0.130. The van der Waals surface area contributed by atoms with Crippen LogP contribution in [-0.4, -0.2) is 24.5 Å². The minimum Gasteiger partial charge on any atom is -1.00 e. The van der Waals surface area contributed by atoms with Crippen molar-refractivity contribution >= 4 is 38.7 Å². The van der Waals surface area contributed by atoms with E-state index in [-0.39, 0.29) is 58.9 Å². The van der Waals surface area contributed by atoms with E-state index in [1.165, 1.54) is 12.1 Å². The van der Waals surface area contributed by atoms with E-state index in [0.717, 1.165) is 22.8 Å². The third-order valence-electron chi connectivity index (χ3n) is 5.41. The van der Waals surface area contributed by atoms with Gasteiger partial charge in [-0.05, 0) is 38.0 Å². The Balaban J connectivity index is 0.00000193. The molecular formula is C23H21N2NaO5S. The Bertz CT molecular complexity index is 1400. The van der Waals surface area contributed by atoms with Crippen molar-refractivity contribution in [1.82, 2.24) is 0 Å².